The van der Waals surface area contributed by atoms with Gasteiger partial charge in [-0.05, 0) is 62.5 Å². The predicted molar refractivity (Wildman–Crippen MR) is 116 cm³/mol. The molecule has 0 spiro atoms. The average molecular weight is 407 g/mol. The van der Waals surface area contributed by atoms with Crippen molar-refractivity contribution in [2.75, 3.05) is 18.0 Å². The van der Waals surface area contributed by atoms with Crippen LogP contribution in [-0.2, 0) is 17.6 Å². The Kier molecular flexibility index (Phi) is 5.27. The number of hydrogen-bond acceptors (Lipinski definition) is 6. The number of nitrogens with zero attached hydrogens (tertiary/aromatic N) is 4. The minimum Gasteiger partial charge on any atom is -0.343 e. The molecule has 0 saturated carbocycles. The molecule has 2 aliphatic carbocycles. The summed E-state index contributed by atoms with van der Waals surface area (Å²) >= 11 is 1.69. The van der Waals surface area contributed by atoms with Crippen LogP contribution < -0.4 is 4.90 Å². The van der Waals surface area contributed by atoms with Gasteiger partial charge in [-0.1, -0.05) is 11.6 Å². The summed E-state index contributed by atoms with van der Waals surface area (Å²) in [6.45, 7) is 1.88. The molecule has 0 atom stereocenters. The fourth-order valence-corrected chi connectivity index (χ4v) is 5.35. The van der Waals surface area contributed by atoms with E-state index in [1.807, 2.05) is 17.8 Å². The summed E-state index contributed by atoms with van der Waals surface area (Å²) in [5.41, 5.74) is 6.79. The van der Waals surface area contributed by atoms with Gasteiger partial charge in [0.05, 0.1) is 23.5 Å². The Hall–Kier alpha value is -2.34. The molecule has 6 heteroatoms. The highest BCUT2D eigenvalue weighted by Gasteiger charge is 2.27. The molecule has 0 amide bonds. The van der Waals surface area contributed by atoms with Gasteiger partial charge in [0.25, 0.3) is 0 Å². The fraction of sp³-hybridized carbons (Fsp3) is 0.478. The molecule has 3 aliphatic rings. The second kappa shape index (κ2) is 8.19. The third kappa shape index (κ3) is 3.90. The Bertz CT molecular complexity index is 977. The Morgan fingerprint density at radius 2 is 2.07 bits per heavy atom. The number of anilines is 1. The minimum absolute atomic E-state index is 0.222. The summed E-state index contributed by atoms with van der Waals surface area (Å²) in [6, 6.07) is 0. The van der Waals surface area contributed by atoms with Crippen LogP contribution in [0.2, 0.25) is 0 Å². The smallest absolute Gasteiger partial charge is 0.185 e. The van der Waals surface area contributed by atoms with Crippen LogP contribution >= 0.6 is 11.3 Å². The molecule has 0 aromatic carbocycles. The van der Waals surface area contributed by atoms with Gasteiger partial charge in [-0.15, -0.1) is 11.3 Å². The van der Waals surface area contributed by atoms with Crippen LogP contribution in [0.15, 0.2) is 35.0 Å². The van der Waals surface area contributed by atoms with Crippen molar-refractivity contribution in [3.63, 3.8) is 0 Å². The second-order valence-electron chi connectivity index (χ2n) is 8.15. The van der Waals surface area contributed by atoms with Gasteiger partial charge in [0.15, 0.2) is 10.9 Å². The number of aromatic nitrogens is 3. The standard InChI is InChI=1S/C23H26N4OS/c28-21(17-5-2-1-3-6-17)13-18-14-25-22-19-15-27(23-24-10-12-29-23)11-9-16(19)7-4-8-20(22)26-18/h5,10,12,14H,1-4,6-9,11,13,15H2. The topological polar surface area (TPSA) is 59.0 Å². The van der Waals surface area contributed by atoms with Crippen LogP contribution in [0, 0.1) is 0 Å². The predicted octanol–water partition coefficient (Wildman–Crippen LogP) is 4.55. The summed E-state index contributed by atoms with van der Waals surface area (Å²) in [5.74, 6) is 0.222. The molecule has 1 aliphatic heterocycles. The zero-order valence-electron chi connectivity index (χ0n) is 16.7. The Morgan fingerprint density at radius 1 is 1.10 bits per heavy atom. The molecule has 2 aromatic heterocycles. The maximum atomic E-state index is 12.6. The molecule has 0 radical (unpaired) electrons. The van der Waals surface area contributed by atoms with Crippen LogP contribution in [0.3, 0.4) is 0 Å². The molecule has 0 bridgehead atoms. The first-order chi connectivity index (χ1) is 14.3. The first-order valence-corrected chi connectivity index (χ1v) is 11.6. The van der Waals surface area contributed by atoms with E-state index in [1.165, 1.54) is 17.6 Å². The highest BCUT2D eigenvalue weighted by atomic mass is 32.1. The zero-order chi connectivity index (χ0) is 19.6. The molecule has 0 fully saturated rings. The maximum Gasteiger partial charge on any atom is 0.185 e. The number of aryl methyl sites for hydroxylation is 1. The van der Waals surface area contributed by atoms with Gasteiger partial charge in [-0.25, -0.2) is 4.98 Å². The molecule has 3 heterocycles. The van der Waals surface area contributed by atoms with E-state index in [1.54, 1.807) is 11.3 Å². The molecule has 150 valence electrons. The van der Waals surface area contributed by atoms with Gasteiger partial charge in [0.1, 0.15) is 0 Å². The summed E-state index contributed by atoms with van der Waals surface area (Å²) in [7, 11) is 0. The SMILES string of the molecule is O=C(Cc1cnc2c(n1)CCCC1=C2CN(c2nccs2)CC1)C1=CCCCC1. The Balaban J connectivity index is 1.39. The number of fused-ring (bicyclic) bond motifs is 2. The summed E-state index contributed by atoms with van der Waals surface area (Å²) in [4.78, 5) is 29.2. The van der Waals surface area contributed by atoms with E-state index in [0.717, 1.165) is 85.8 Å². The van der Waals surface area contributed by atoms with Gasteiger partial charge in [0, 0.05) is 30.9 Å². The van der Waals surface area contributed by atoms with Crippen molar-refractivity contribution >= 4 is 27.8 Å². The third-order valence-corrected chi connectivity index (χ3v) is 7.04. The van der Waals surface area contributed by atoms with Crippen molar-refractivity contribution in [3.05, 3.63) is 52.1 Å². The van der Waals surface area contributed by atoms with Crippen LogP contribution in [0.4, 0.5) is 5.13 Å². The van der Waals surface area contributed by atoms with Crippen LogP contribution in [0.5, 0.6) is 0 Å². The number of carbonyl (C=O) groups excluding carboxylic acids is 1. The van der Waals surface area contributed by atoms with E-state index in [-0.39, 0.29) is 5.78 Å². The maximum absolute atomic E-state index is 12.6. The van der Waals surface area contributed by atoms with E-state index in [2.05, 4.69) is 16.0 Å². The lowest BCUT2D eigenvalue weighted by atomic mass is 9.94. The summed E-state index contributed by atoms with van der Waals surface area (Å²) in [5, 5.41) is 3.11. The number of carbonyl (C=O) groups is 1. The minimum atomic E-state index is 0.222. The van der Waals surface area contributed by atoms with E-state index in [0.29, 0.717) is 6.42 Å². The molecule has 0 N–H and O–H groups in total. The quantitative estimate of drug-likeness (QED) is 0.746. The largest absolute Gasteiger partial charge is 0.343 e. The van der Waals surface area contributed by atoms with Gasteiger partial charge in [0.2, 0.25) is 0 Å². The van der Waals surface area contributed by atoms with Crippen molar-refractivity contribution in [2.45, 2.75) is 57.8 Å². The van der Waals surface area contributed by atoms with Gasteiger partial charge in [-0.3, -0.25) is 14.8 Å². The van der Waals surface area contributed by atoms with Gasteiger partial charge < -0.3 is 4.90 Å². The van der Waals surface area contributed by atoms with E-state index in [9.17, 15) is 4.79 Å². The Morgan fingerprint density at radius 3 is 2.90 bits per heavy atom. The molecule has 29 heavy (non-hydrogen) atoms. The number of thiazole rings is 1. The summed E-state index contributed by atoms with van der Waals surface area (Å²) < 4.78 is 0. The van der Waals surface area contributed by atoms with Crippen molar-refractivity contribution in [1.29, 1.82) is 0 Å². The van der Waals surface area contributed by atoms with Crippen LogP contribution in [0.1, 0.15) is 62.0 Å². The van der Waals surface area contributed by atoms with Crippen LogP contribution in [-0.4, -0.2) is 33.8 Å². The molecule has 2 aromatic rings. The van der Waals surface area contributed by atoms with Crippen molar-refractivity contribution in [3.8, 4) is 0 Å². The third-order valence-electron chi connectivity index (χ3n) is 6.21. The van der Waals surface area contributed by atoms with E-state index < -0.39 is 0 Å². The average Bonchev–Trinajstić information content (AvgIpc) is 3.24. The van der Waals surface area contributed by atoms with E-state index in [4.69, 9.17) is 9.97 Å². The van der Waals surface area contributed by atoms with Crippen LogP contribution in [0.25, 0.3) is 5.57 Å². The number of allylic oxidation sites excluding steroid dienone is 2. The lowest BCUT2D eigenvalue weighted by Gasteiger charge is -2.30. The number of Topliss-reactive ketones (excluding diaryl/α,β-unsaturated/α-hetero) is 1. The molecule has 0 saturated heterocycles. The van der Waals surface area contributed by atoms with Crippen molar-refractivity contribution in [2.24, 2.45) is 0 Å². The highest BCUT2D eigenvalue weighted by Crippen LogP contribution is 2.35. The number of hydrogen-bond donors (Lipinski definition) is 0. The first kappa shape index (κ1) is 18.7. The zero-order valence-corrected chi connectivity index (χ0v) is 17.5. The molecule has 5 rings (SSSR count). The lowest BCUT2D eigenvalue weighted by Crippen LogP contribution is -2.31. The Labute approximate surface area is 175 Å². The highest BCUT2D eigenvalue weighted by molar-refractivity contribution is 7.13. The van der Waals surface area contributed by atoms with E-state index >= 15 is 0 Å². The number of rotatable bonds is 4. The van der Waals surface area contributed by atoms with Gasteiger partial charge >= 0.3 is 0 Å². The fourth-order valence-electron chi connectivity index (χ4n) is 4.68. The first-order valence-electron chi connectivity index (χ1n) is 10.7. The molecule has 5 nitrogen and oxygen atoms in total. The number of ketones is 1. The molecular formula is C23H26N4OS. The monoisotopic (exact) mass is 406 g/mol. The summed E-state index contributed by atoms with van der Waals surface area (Å²) in [6.07, 6.45) is 14.7. The lowest BCUT2D eigenvalue weighted by molar-refractivity contribution is -0.115. The molecular weight excluding hydrogens is 380 g/mol. The molecule has 0 unspecified atom stereocenters. The second-order valence-corrected chi connectivity index (χ2v) is 9.03. The van der Waals surface area contributed by atoms with Crippen molar-refractivity contribution < 1.29 is 4.79 Å². The van der Waals surface area contributed by atoms with Gasteiger partial charge in [-0.2, -0.15) is 0 Å². The normalized spacial score (nSPS) is 19.3. The van der Waals surface area contributed by atoms with Crippen molar-refractivity contribution in [1.82, 2.24) is 15.0 Å².